The maximum Gasteiger partial charge on any atom is 0.230 e. The van der Waals surface area contributed by atoms with Crippen molar-refractivity contribution < 1.29 is 9.59 Å². The Morgan fingerprint density at radius 3 is 2.76 bits per heavy atom. The highest BCUT2D eigenvalue weighted by molar-refractivity contribution is 7.71. The molecule has 1 aliphatic heterocycles. The van der Waals surface area contributed by atoms with Gasteiger partial charge in [0.15, 0.2) is 0 Å². The predicted molar refractivity (Wildman–Crippen MR) is 61.3 cm³/mol. The third-order valence-corrected chi connectivity index (χ3v) is 2.62. The lowest BCUT2D eigenvalue weighted by Gasteiger charge is -2.14. The first-order valence-corrected chi connectivity index (χ1v) is 5.21. The Kier molecular flexibility index (Phi) is 2.76. The van der Waals surface area contributed by atoms with Crippen LogP contribution in [0.25, 0.3) is 0 Å². The molecule has 90 valence electrons. The lowest BCUT2D eigenvalue weighted by molar-refractivity contribution is -0.123. The van der Waals surface area contributed by atoms with Crippen molar-refractivity contribution in [3.8, 4) is 0 Å². The predicted octanol–water partition coefficient (Wildman–Crippen LogP) is -1.05. The van der Waals surface area contributed by atoms with Gasteiger partial charge in [-0.1, -0.05) is 0 Å². The number of aromatic amines is 1. The van der Waals surface area contributed by atoms with Crippen LogP contribution in [-0.4, -0.2) is 33.3 Å². The van der Waals surface area contributed by atoms with Gasteiger partial charge in [0.05, 0.1) is 5.92 Å². The van der Waals surface area contributed by atoms with E-state index in [1.807, 2.05) is 0 Å². The Bertz CT molecular complexity index is 541. The molecule has 2 amide bonds. The SMILES string of the molecule is NC(=O)C1CC(=O)N(c2nc(=S)nc(N)[nH]2)C1. The molecule has 0 radical (unpaired) electrons. The summed E-state index contributed by atoms with van der Waals surface area (Å²) in [5.41, 5.74) is 10.6. The Balaban J connectivity index is 2.32. The molecule has 1 aromatic rings. The van der Waals surface area contributed by atoms with Crippen molar-refractivity contribution in [1.29, 1.82) is 0 Å². The number of aromatic nitrogens is 3. The molecule has 0 bridgehead atoms. The fraction of sp³-hybridized carbons (Fsp3) is 0.375. The average Bonchev–Trinajstić information content (AvgIpc) is 2.59. The largest absolute Gasteiger partial charge is 0.369 e. The van der Waals surface area contributed by atoms with E-state index in [4.69, 9.17) is 23.7 Å². The summed E-state index contributed by atoms with van der Waals surface area (Å²) in [5, 5.41) is 0. The lowest BCUT2D eigenvalue weighted by atomic mass is 10.1. The van der Waals surface area contributed by atoms with E-state index < -0.39 is 11.8 Å². The molecule has 0 spiro atoms. The molecule has 1 saturated heterocycles. The van der Waals surface area contributed by atoms with E-state index in [0.717, 1.165) is 0 Å². The quantitative estimate of drug-likeness (QED) is 0.577. The minimum Gasteiger partial charge on any atom is -0.369 e. The van der Waals surface area contributed by atoms with Crippen LogP contribution in [0, 0.1) is 10.7 Å². The second-order valence-corrected chi connectivity index (χ2v) is 4.01. The van der Waals surface area contributed by atoms with Crippen LogP contribution in [0.2, 0.25) is 0 Å². The maximum atomic E-state index is 11.7. The average molecular weight is 254 g/mol. The van der Waals surface area contributed by atoms with Crippen molar-refractivity contribution in [2.45, 2.75) is 6.42 Å². The molecular formula is C8H10N6O2S. The van der Waals surface area contributed by atoms with Gasteiger partial charge in [0.25, 0.3) is 0 Å². The number of H-pyrrole nitrogens is 1. The molecule has 0 aromatic carbocycles. The first-order chi connectivity index (χ1) is 7.97. The molecule has 1 fully saturated rings. The van der Waals surface area contributed by atoms with Crippen LogP contribution < -0.4 is 16.4 Å². The minimum absolute atomic E-state index is 0.0339. The maximum absolute atomic E-state index is 11.7. The molecule has 8 nitrogen and oxygen atoms in total. The van der Waals surface area contributed by atoms with Gasteiger partial charge >= 0.3 is 0 Å². The highest BCUT2D eigenvalue weighted by Gasteiger charge is 2.35. The Labute approximate surface area is 101 Å². The van der Waals surface area contributed by atoms with Gasteiger partial charge in [-0.15, -0.1) is 0 Å². The van der Waals surface area contributed by atoms with E-state index in [1.54, 1.807) is 0 Å². The van der Waals surface area contributed by atoms with E-state index in [2.05, 4.69) is 15.0 Å². The van der Waals surface area contributed by atoms with Gasteiger partial charge < -0.3 is 11.5 Å². The summed E-state index contributed by atoms with van der Waals surface area (Å²) in [5.74, 6) is -1.02. The van der Waals surface area contributed by atoms with Crippen LogP contribution in [0.1, 0.15) is 6.42 Å². The standard InChI is InChI=1S/C8H10N6O2S/c9-5(16)3-1-4(15)14(2-3)7-11-6(10)12-8(17)13-7/h3H,1-2H2,(H2,9,16)(H3,10,11,12,13,17). The molecule has 2 rings (SSSR count). The smallest absolute Gasteiger partial charge is 0.230 e. The number of carbonyl (C=O) groups is 2. The van der Waals surface area contributed by atoms with Gasteiger partial charge in [-0.25, -0.2) is 0 Å². The van der Waals surface area contributed by atoms with Crippen LogP contribution >= 0.6 is 12.2 Å². The summed E-state index contributed by atoms with van der Waals surface area (Å²) >= 11 is 4.79. The number of amides is 2. The van der Waals surface area contributed by atoms with Crippen LogP contribution in [0.15, 0.2) is 0 Å². The summed E-state index contributed by atoms with van der Waals surface area (Å²) in [6.45, 7) is 0.176. The molecule has 5 N–H and O–H groups in total. The third-order valence-electron chi connectivity index (χ3n) is 2.44. The van der Waals surface area contributed by atoms with Gasteiger partial charge in [0.2, 0.25) is 28.5 Å². The lowest BCUT2D eigenvalue weighted by Crippen LogP contribution is -2.30. The zero-order valence-electron chi connectivity index (χ0n) is 8.71. The van der Waals surface area contributed by atoms with Crippen molar-refractivity contribution >= 4 is 35.9 Å². The molecule has 1 aromatic heterocycles. The molecule has 17 heavy (non-hydrogen) atoms. The van der Waals surface area contributed by atoms with Gasteiger partial charge in [-0.3, -0.25) is 19.5 Å². The second kappa shape index (κ2) is 4.09. The van der Waals surface area contributed by atoms with Gasteiger partial charge in [0.1, 0.15) is 0 Å². The van der Waals surface area contributed by atoms with Crippen molar-refractivity contribution in [1.82, 2.24) is 15.0 Å². The van der Waals surface area contributed by atoms with Gasteiger partial charge in [0, 0.05) is 13.0 Å². The van der Waals surface area contributed by atoms with E-state index in [-0.39, 0.29) is 35.5 Å². The topological polar surface area (TPSA) is 131 Å². The Hall–Kier alpha value is -2.03. The highest BCUT2D eigenvalue weighted by atomic mass is 32.1. The first-order valence-electron chi connectivity index (χ1n) is 4.81. The summed E-state index contributed by atoms with van der Waals surface area (Å²) in [4.78, 5) is 34.2. The highest BCUT2D eigenvalue weighted by Crippen LogP contribution is 2.21. The van der Waals surface area contributed by atoms with E-state index >= 15 is 0 Å². The molecule has 2 heterocycles. The molecule has 0 saturated carbocycles. The fourth-order valence-electron chi connectivity index (χ4n) is 1.62. The summed E-state index contributed by atoms with van der Waals surface area (Å²) < 4.78 is 0.0339. The number of nitrogen functional groups attached to an aromatic ring is 1. The number of nitrogens with zero attached hydrogens (tertiary/aromatic N) is 3. The minimum atomic E-state index is -0.513. The van der Waals surface area contributed by atoms with E-state index in [0.29, 0.717) is 0 Å². The van der Waals surface area contributed by atoms with E-state index in [9.17, 15) is 9.59 Å². The number of nitrogens with two attached hydrogens (primary N) is 2. The van der Waals surface area contributed by atoms with Gasteiger partial charge in [-0.05, 0) is 12.2 Å². The fourth-order valence-corrected chi connectivity index (χ4v) is 1.80. The van der Waals surface area contributed by atoms with Crippen LogP contribution in [0.3, 0.4) is 0 Å². The van der Waals surface area contributed by atoms with Gasteiger partial charge in [-0.2, -0.15) is 9.97 Å². The Morgan fingerprint density at radius 2 is 2.24 bits per heavy atom. The number of hydrogen-bond acceptors (Lipinski definition) is 6. The molecular weight excluding hydrogens is 244 g/mol. The molecule has 1 atom stereocenters. The van der Waals surface area contributed by atoms with Crippen LogP contribution in [0.5, 0.6) is 0 Å². The number of rotatable bonds is 2. The number of anilines is 2. The number of hydrogen-bond donors (Lipinski definition) is 3. The second-order valence-electron chi connectivity index (χ2n) is 3.65. The first kappa shape index (κ1) is 11.5. The Morgan fingerprint density at radius 1 is 1.53 bits per heavy atom. The van der Waals surface area contributed by atoms with Crippen molar-refractivity contribution in [3.63, 3.8) is 0 Å². The summed E-state index contributed by atoms with van der Waals surface area (Å²) in [7, 11) is 0. The summed E-state index contributed by atoms with van der Waals surface area (Å²) in [6.07, 6.45) is 0.0693. The normalized spacial score (nSPS) is 19.6. The number of carbonyl (C=O) groups excluding carboxylic acids is 2. The van der Waals surface area contributed by atoms with Crippen LogP contribution in [0.4, 0.5) is 11.9 Å². The zero-order chi connectivity index (χ0) is 12.6. The van der Waals surface area contributed by atoms with Crippen molar-refractivity contribution in [2.75, 3.05) is 17.2 Å². The summed E-state index contributed by atoms with van der Waals surface area (Å²) in [6, 6.07) is 0. The molecule has 1 unspecified atom stereocenters. The van der Waals surface area contributed by atoms with Crippen molar-refractivity contribution in [3.05, 3.63) is 4.77 Å². The molecule has 1 aliphatic rings. The number of primary amides is 1. The molecule has 0 aliphatic carbocycles. The number of nitrogens with one attached hydrogen (secondary N) is 1. The molecule has 9 heteroatoms. The van der Waals surface area contributed by atoms with E-state index in [1.165, 1.54) is 4.90 Å². The van der Waals surface area contributed by atoms with Crippen molar-refractivity contribution in [2.24, 2.45) is 11.7 Å². The zero-order valence-corrected chi connectivity index (χ0v) is 9.53. The monoisotopic (exact) mass is 254 g/mol. The van der Waals surface area contributed by atoms with Crippen LogP contribution in [-0.2, 0) is 9.59 Å². The third kappa shape index (κ3) is 2.23.